The number of rotatable bonds is 5. The number of likely N-dealkylation sites (N-methyl/N-ethyl adjacent to an activating group) is 1. The van der Waals surface area contributed by atoms with Crippen molar-refractivity contribution in [2.24, 2.45) is 0 Å². The van der Waals surface area contributed by atoms with Gasteiger partial charge in [0.25, 0.3) is 11.2 Å². The standard InChI is InChI=1S/C19H17FN4O4/c1-12(13-3-5-14(20)6-4-13)22(2)18(25)10-23-11-21-17-8-7-15(24(27)28)9-16(17)19(23)26/h3-9,11-12H,10H2,1-2H3. The lowest BCUT2D eigenvalue weighted by Crippen LogP contribution is -2.35. The molecule has 0 spiro atoms. The van der Waals surface area contributed by atoms with Gasteiger partial charge in [-0.05, 0) is 30.7 Å². The minimum Gasteiger partial charge on any atom is -0.337 e. The van der Waals surface area contributed by atoms with Crippen molar-refractivity contribution in [3.63, 3.8) is 0 Å². The molecule has 0 saturated carbocycles. The fourth-order valence-electron chi connectivity index (χ4n) is 2.81. The number of nitro benzene ring substituents is 1. The van der Waals surface area contributed by atoms with Crippen LogP contribution in [0.1, 0.15) is 18.5 Å². The van der Waals surface area contributed by atoms with Gasteiger partial charge in [-0.1, -0.05) is 12.1 Å². The number of amides is 1. The Bertz CT molecular complexity index is 1110. The Hall–Kier alpha value is -3.62. The number of halogens is 1. The summed E-state index contributed by atoms with van der Waals surface area (Å²) in [5.74, 6) is -0.724. The lowest BCUT2D eigenvalue weighted by Gasteiger charge is -2.25. The molecule has 2 aromatic carbocycles. The summed E-state index contributed by atoms with van der Waals surface area (Å²) in [6.45, 7) is 1.52. The number of carbonyl (C=O) groups excluding carboxylic acids is 1. The second-order valence-corrected chi connectivity index (χ2v) is 6.37. The number of aromatic nitrogens is 2. The van der Waals surface area contributed by atoms with E-state index in [-0.39, 0.29) is 35.4 Å². The summed E-state index contributed by atoms with van der Waals surface area (Å²) in [6.07, 6.45) is 1.24. The van der Waals surface area contributed by atoms with Gasteiger partial charge < -0.3 is 4.90 Å². The van der Waals surface area contributed by atoms with E-state index in [9.17, 15) is 24.1 Å². The normalized spacial score (nSPS) is 12.0. The molecule has 1 heterocycles. The average Bonchev–Trinajstić information content (AvgIpc) is 2.69. The third-order valence-corrected chi connectivity index (χ3v) is 4.65. The predicted molar refractivity (Wildman–Crippen MR) is 100 cm³/mol. The van der Waals surface area contributed by atoms with Crippen LogP contribution in [-0.4, -0.2) is 32.3 Å². The van der Waals surface area contributed by atoms with Gasteiger partial charge in [-0.25, -0.2) is 9.37 Å². The van der Waals surface area contributed by atoms with Crippen LogP contribution >= 0.6 is 0 Å². The molecule has 0 aliphatic carbocycles. The first-order valence-corrected chi connectivity index (χ1v) is 8.42. The molecule has 0 saturated heterocycles. The molecule has 3 rings (SSSR count). The van der Waals surface area contributed by atoms with E-state index in [2.05, 4.69) is 4.98 Å². The highest BCUT2D eigenvalue weighted by Gasteiger charge is 2.19. The summed E-state index contributed by atoms with van der Waals surface area (Å²) in [5.41, 5.74) is 0.298. The Morgan fingerprint density at radius 1 is 1.29 bits per heavy atom. The van der Waals surface area contributed by atoms with Gasteiger partial charge in [0.05, 0.1) is 28.2 Å². The number of carbonyl (C=O) groups is 1. The first-order chi connectivity index (χ1) is 13.3. The Balaban J connectivity index is 1.85. The van der Waals surface area contributed by atoms with Crippen molar-refractivity contribution in [3.8, 4) is 0 Å². The first kappa shape index (κ1) is 19.2. The van der Waals surface area contributed by atoms with E-state index in [4.69, 9.17) is 0 Å². The summed E-state index contributed by atoms with van der Waals surface area (Å²) < 4.78 is 14.2. The molecule has 9 heteroatoms. The fourth-order valence-corrected chi connectivity index (χ4v) is 2.81. The van der Waals surface area contributed by atoms with E-state index in [1.165, 1.54) is 35.5 Å². The minimum atomic E-state index is -0.598. The molecular formula is C19H17FN4O4. The van der Waals surface area contributed by atoms with E-state index < -0.39 is 10.5 Å². The molecule has 0 radical (unpaired) electrons. The third kappa shape index (κ3) is 3.73. The van der Waals surface area contributed by atoms with Crippen LogP contribution in [0.5, 0.6) is 0 Å². The van der Waals surface area contributed by atoms with Gasteiger partial charge in [0.15, 0.2) is 0 Å². The number of non-ortho nitro benzene ring substituents is 1. The summed E-state index contributed by atoms with van der Waals surface area (Å²) in [5, 5.41) is 11.0. The molecule has 28 heavy (non-hydrogen) atoms. The lowest BCUT2D eigenvalue weighted by molar-refractivity contribution is -0.384. The molecule has 1 aromatic heterocycles. The summed E-state index contributed by atoms with van der Waals surface area (Å²) in [6, 6.07) is 9.28. The van der Waals surface area contributed by atoms with Crippen molar-refractivity contribution in [2.75, 3.05) is 7.05 Å². The number of benzene rings is 2. The van der Waals surface area contributed by atoms with Gasteiger partial charge in [-0.2, -0.15) is 0 Å². The van der Waals surface area contributed by atoms with Gasteiger partial charge in [0, 0.05) is 19.2 Å². The number of nitrogens with zero attached hydrogens (tertiary/aromatic N) is 4. The van der Waals surface area contributed by atoms with E-state index in [0.29, 0.717) is 5.52 Å². The molecule has 144 valence electrons. The fraction of sp³-hybridized carbons (Fsp3) is 0.211. The smallest absolute Gasteiger partial charge is 0.270 e. The Labute approximate surface area is 159 Å². The monoisotopic (exact) mass is 384 g/mol. The van der Waals surface area contributed by atoms with Gasteiger partial charge >= 0.3 is 0 Å². The van der Waals surface area contributed by atoms with Crippen LogP contribution in [-0.2, 0) is 11.3 Å². The topological polar surface area (TPSA) is 98.3 Å². The van der Waals surface area contributed by atoms with Crippen LogP contribution in [0.2, 0.25) is 0 Å². The lowest BCUT2D eigenvalue weighted by atomic mass is 10.1. The zero-order valence-electron chi connectivity index (χ0n) is 15.2. The Kier molecular flexibility index (Phi) is 5.16. The van der Waals surface area contributed by atoms with Crippen LogP contribution < -0.4 is 5.56 Å². The van der Waals surface area contributed by atoms with Crippen LogP contribution in [0.4, 0.5) is 10.1 Å². The van der Waals surface area contributed by atoms with Gasteiger partial charge in [0.2, 0.25) is 5.91 Å². The highest BCUT2D eigenvalue weighted by Crippen LogP contribution is 2.20. The number of nitro groups is 1. The van der Waals surface area contributed by atoms with E-state index in [1.807, 2.05) is 0 Å². The van der Waals surface area contributed by atoms with Crippen molar-refractivity contribution in [2.45, 2.75) is 19.5 Å². The highest BCUT2D eigenvalue weighted by molar-refractivity contribution is 5.81. The molecule has 0 bridgehead atoms. The summed E-state index contributed by atoms with van der Waals surface area (Å²) in [4.78, 5) is 41.1. The maximum atomic E-state index is 13.1. The quantitative estimate of drug-likeness (QED) is 0.497. The number of hydrogen-bond donors (Lipinski definition) is 0. The number of fused-ring (bicyclic) bond motifs is 1. The van der Waals surface area contributed by atoms with E-state index in [0.717, 1.165) is 16.2 Å². The van der Waals surface area contributed by atoms with Crippen molar-refractivity contribution in [3.05, 3.63) is 80.6 Å². The SMILES string of the molecule is CC(c1ccc(F)cc1)N(C)C(=O)Cn1cnc2ccc([N+](=O)[O-])cc2c1=O. The van der Waals surface area contributed by atoms with Crippen molar-refractivity contribution < 1.29 is 14.1 Å². The van der Waals surface area contributed by atoms with Crippen LogP contribution in [0.25, 0.3) is 10.9 Å². The van der Waals surface area contributed by atoms with Crippen LogP contribution in [0, 0.1) is 15.9 Å². The molecule has 1 amide bonds. The van der Waals surface area contributed by atoms with Gasteiger partial charge in [-0.3, -0.25) is 24.3 Å². The number of hydrogen-bond acceptors (Lipinski definition) is 5. The third-order valence-electron chi connectivity index (χ3n) is 4.65. The maximum absolute atomic E-state index is 13.1. The second-order valence-electron chi connectivity index (χ2n) is 6.37. The minimum absolute atomic E-state index is 0.0683. The molecule has 0 fully saturated rings. The predicted octanol–water partition coefficient (Wildman–Crippen LogP) is 2.66. The molecule has 3 aromatic rings. The molecule has 1 unspecified atom stereocenters. The zero-order valence-corrected chi connectivity index (χ0v) is 15.2. The van der Waals surface area contributed by atoms with Gasteiger partial charge in [0.1, 0.15) is 12.4 Å². The first-order valence-electron chi connectivity index (χ1n) is 8.42. The molecule has 1 atom stereocenters. The van der Waals surface area contributed by atoms with Crippen LogP contribution in [0.15, 0.2) is 53.6 Å². The van der Waals surface area contributed by atoms with E-state index >= 15 is 0 Å². The average molecular weight is 384 g/mol. The summed E-state index contributed by atoms with van der Waals surface area (Å²) >= 11 is 0. The Morgan fingerprint density at radius 2 is 1.96 bits per heavy atom. The summed E-state index contributed by atoms with van der Waals surface area (Å²) in [7, 11) is 1.58. The highest BCUT2D eigenvalue weighted by atomic mass is 19.1. The molecule has 0 N–H and O–H groups in total. The van der Waals surface area contributed by atoms with Crippen molar-refractivity contribution in [1.29, 1.82) is 0 Å². The molecule has 0 aliphatic heterocycles. The van der Waals surface area contributed by atoms with Crippen molar-refractivity contribution >= 4 is 22.5 Å². The second kappa shape index (κ2) is 7.55. The van der Waals surface area contributed by atoms with Crippen LogP contribution in [0.3, 0.4) is 0 Å². The molecule has 0 aliphatic rings. The largest absolute Gasteiger partial charge is 0.337 e. The van der Waals surface area contributed by atoms with Gasteiger partial charge in [-0.15, -0.1) is 0 Å². The van der Waals surface area contributed by atoms with E-state index in [1.54, 1.807) is 26.1 Å². The Morgan fingerprint density at radius 3 is 2.61 bits per heavy atom. The molecular weight excluding hydrogens is 367 g/mol. The van der Waals surface area contributed by atoms with Crippen molar-refractivity contribution in [1.82, 2.24) is 14.5 Å². The zero-order chi connectivity index (χ0) is 20.4. The maximum Gasteiger partial charge on any atom is 0.270 e. The molecule has 8 nitrogen and oxygen atoms in total.